The highest BCUT2D eigenvalue weighted by Gasteiger charge is 2.15. The summed E-state index contributed by atoms with van der Waals surface area (Å²) in [7, 11) is 0. The highest BCUT2D eigenvalue weighted by molar-refractivity contribution is 5.99. The van der Waals surface area contributed by atoms with Crippen molar-refractivity contribution >= 4 is 16.8 Å². The first-order chi connectivity index (χ1) is 10.5. The van der Waals surface area contributed by atoms with Crippen molar-refractivity contribution in [3.63, 3.8) is 0 Å². The molecule has 0 aliphatic heterocycles. The number of amides is 1. The maximum atomic E-state index is 12.4. The Hall–Kier alpha value is -2.62. The lowest BCUT2D eigenvalue weighted by Gasteiger charge is -2.12. The zero-order chi connectivity index (χ0) is 15.7. The molecule has 2 N–H and O–H groups in total. The second-order valence-electron chi connectivity index (χ2n) is 5.68. The molecule has 0 aliphatic carbocycles. The number of benzene rings is 1. The highest BCUT2D eigenvalue weighted by Crippen LogP contribution is 2.22. The van der Waals surface area contributed by atoms with Crippen molar-refractivity contribution in [1.29, 1.82) is 0 Å². The van der Waals surface area contributed by atoms with Crippen molar-refractivity contribution in [3.8, 4) is 0 Å². The first-order valence-electron chi connectivity index (χ1n) is 7.36. The quantitative estimate of drug-likeness (QED) is 0.774. The monoisotopic (exact) mass is 293 g/mol. The van der Waals surface area contributed by atoms with Gasteiger partial charge < -0.3 is 10.3 Å². The van der Waals surface area contributed by atoms with Gasteiger partial charge in [0.2, 0.25) is 0 Å². The van der Waals surface area contributed by atoms with Crippen LogP contribution >= 0.6 is 0 Å². The van der Waals surface area contributed by atoms with Gasteiger partial charge in [0.1, 0.15) is 5.69 Å². The molecular weight excluding hydrogens is 274 g/mol. The molecule has 0 saturated heterocycles. The molecule has 2 heterocycles. The summed E-state index contributed by atoms with van der Waals surface area (Å²) in [5, 5.41) is 4.06. The minimum atomic E-state index is -0.136. The molecule has 0 spiro atoms. The maximum Gasteiger partial charge on any atom is 0.268 e. The van der Waals surface area contributed by atoms with E-state index in [1.165, 1.54) is 11.1 Å². The van der Waals surface area contributed by atoms with Crippen molar-refractivity contribution in [2.45, 2.75) is 26.8 Å². The standard InChI is InChI=1S/C18H19N3O/c1-11-8-12(2)14-10-17(21-16(14)9-11)18(22)20-13(3)15-6-4-5-7-19-15/h4-10,13,21H,1-3H3,(H,20,22)/t13-/m1/s1. The number of aryl methyl sites for hydroxylation is 2. The molecule has 22 heavy (non-hydrogen) atoms. The van der Waals surface area contributed by atoms with Crippen LogP contribution in [0.4, 0.5) is 0 Å². The summed E-state index contributed by atoms with van der Waals surface area (Å²) in [6.45, 7) is 6.04. The van der Waals surface area contributed by atoms with Gasteiger partial charge in [-0.25, -0.2) is 0 Å². The van der Waals surface area contributed by atoms with Crippen molar-refractivity contribution in [1.82, 2.24) is 15.3 Å². The number of hydrogen-bond acceptors (Lipinski definition) is 2. The molecular formula is C18H19N3O. The third kappa shape index (κ3) is 2.72. The Bertz CT molecular complexity index is 821. The summed E-state index contributed by atoms with van der Waals surface area (Å²) in [5.74, 6) is -0.119. The molecule has 0 unspecified atom stereocenters. The van der Waals surface area contributed by atoms with E-state index in [9.17, 15) is 4.79 Å². The molecule has 0 bridgehead atoms. The van der Waals surface area contributed by atoms with Crippen LogP contribution < -0.4 is 5.32 Å². The summed E-state index contributed by atoms with van der Waals surface area (Å²) in [5.41, 5.74) is 4.77. The normalized spacial score (nSPS) is 12.3. The Labute approximate surface area is 129 Å². The highest BCUT2D eigenvalue weighted by atomic mass is 16.1. The van der Waals surface area contributed by atoms with Gasteiger partial charge in [-0.15, -0.1) is 0 Å². The number of hydrogen-bond donors (Lipinski definition) is 2. The van der Waals surface area contributed by atoms with E-state index in [4.69, 9.17) is 0 Å². The van der Waals surface area contributed by atoms with Crippen LogP contribution in [0, 0.1) is 13.8 Å². The van der Waals surface area contributed by atoms with Crippen LogP contribution in [0.3, 0.4) is 0 Å². The predicted octanol–water partition coefficient (Wildman–Crippen LogP) is 3.67. The molecule has 1 atom stereocenters. The number of carbonyl (C=O) groups is 1. The van der Waals surface area contributed by atoms with E-state index in [0.29, 0.717) is 5.69 Å². The molecule has 1 amide bonds. The molecule has 3 aromatic rings. The number of rotatable bonds is 3. The number of fused-ring (bicyclic) bond motifs is 1. The van der Waals surface area contributed by atoms with E-state index in [-0.39, 0.29) is 11.9 Å². The average Bonchev–Trinajstić information content (AvgIpc) is 2.92. The second kappa shape index (κ2) is 5.64. The Morgan fingerprint density at radius 3 is 2.77 bits per heavy atom. The lowest BCUT2D eigenvalue weighted by Crippen LogP contribution is -2.27. The van der Waals surface area contributed by atoms with E-state index in [1.807, 2.05) is 31.2 Å². The number of aromatic nitrogens is 2. The van der Waals surface area contributed by atoms with Gasteiger partial charge in [0.25, 0.3) is 5.91 Å². The smallest absolute Gasteiger partial charge is 0.268 e. The molecule has 2 aromatic heterocycles. The number of nitrogens with zero attached hydrogens (tertiary/aromatic N) is 1. The zero-order valence-corrected chi connectivity index (χ0v) is 13.0. The zero-order valence-electron chi connectivity index (χ0n) is 13.0. The van der Waals surface area contributed by atoms with Gasteiger partial charge in [0.05, 0.1) is 11.7 Å². The maximum absolute atomic E-state index is 12.4. The molecule has 3 rings (SSSR count). The third-order valence-electron chi connectivity index (χ3n) is 3.81. The average molecular weight is 293 g/mol. The van der Waals surface area contributed by atoms with Crippen LogP contribution in [-0.2, 0) is 0 Å². The fourth-order valence-electron chi connectivity index (χ4n) is 2.70. The van der Waals surface area contributed by atoms with Gasteiger partial charge >= 0.3 is 0 Å². The minimum Gasteiger partial charge on any atom is -0.351 e. The van der Waals surface area contributed by atoms with Gasteiger partial charge in [-0.2, -0.15) is 0 Å². The fraction of sp³-hybridized carbons (Fsp3) is 0.222. The number of pyridine rings is 1. The van der Waals surface area contributed by atoms with Crippen LogP contribution in [-0.4, -0.2) is 15.9 Å². The van der Waals surface area contributed by atoms with Gasteiger partial charge in [-0.3, -0.25) is 9.78 Å². The lowest BCUT2D eigenvalue weighted by molar-refractivity contribution is 0.0935. The molecule has 0 fully saturated rings. The van der Waals surface area contributed by atoms with Crippen molar-refractivity contribution in [3.05, 3.63) is 65.1 Å². The summed E-state index contributed by atoms with van der Waals surface area (Å²) in [6.07, 6.45) is 1.73. The molecule has 4 nitrogen and oxygen atoms in total. The van der Waals surface area contributed by atoms with E-state index in [1.54, 1.807) is 6.20 Å². The van der Waals surface area contributed by atoms with Gasteiger partial charge in [0, 0.05) is 17.1 Å². The first-order valence-corrected chi connectivity index (χ1v) is 7.36. The van der Waals surface area contributed by atoms with E-state index >= 15 is 0 Å². The second-order valence-corrected chi connectivity index (χ2v) is 5.68. The van der Waals surface area contributed by atoms with Gasteiger partial charge in [-0.05, 0) is 56.2 Å². The Balaban J connectivity index is 1.85. The summed E-state index contributed by atoms with van der Waals surface area (Å²) < 4.78 is 0. The topological polar surface area (TPSA) is 57.8 Å². The van der Waals surface area contributed by atoms with Crippen molar-refractivity contribution in [2.24, 2.45) is 0 Å². The Morgan fingerprint density at radius 1 is 1.23 bits per heavy atom. The van der Waals surface area contributed by atoms with E-state index in [2.05, 4.69) is 41.3 Å². The SMILES string of the molecule is Cc1cc(C)c2cc(C(=O)N[C@H](C)c3ccccn3)[nH]c2c1. The van der Waals surface area contributed by atoms with Crippen molar-refractivity contribution in [2.75, 3.05) is 0 Å². The predicted molar refractivity (Wildman–Crippen MR) is 87.9 cm³/mol. The van der Waals surface area contributed by atoms with Gasteiger partial charge in [0.15, 0.2) is 0 Å². The molecule has 1 aromatic carbocycles. The molecule has 0 radical (unpaired) electrons. The van der Waals surface area contributed by atoms with E-state index in [0.717, 1.165) is 16.6 Å². The van der Waals surface area contributed by atoms with Crippen LogP contribution in [0.25, 0.3) is 10.9 Å². The van der Waals surface area contributed by atoms with E-state index < -0.39 is 0 Å². The minimum absolute atomic E-state index is 0.119. The number of H-pyrrole nitrogens is 1. The molecule has 4 heteroatoms. The van der Waals surface area contributed by atoms with Crippen LogP contribution in [0.5, 0.6) is 0 Å². The molecule has 0 aliphatic rings. The summed E-state index contributed by atoms with van der Waals surface area (Å²) in [6, 6.07) is 11.6. The molecule has 0 saturated carbocycles. The van der Waals surface area contributed by atoms with Crippen LogP contribution in [0.2, 0.25) is 0 Å². The van der Waals surface area contributed by atoms with Crippen LogP contribution in [0.1, 0.15) is 40.3 Å². The first kappa shape index (κ1) is 14.3. The van der Waals surface area contributed by atoms with Crippen LogP contribution in [0.15, 0.2) is 42.6 Å². The number of carbonyl (C=O) groups excluding carboxylic acids is 1. The fourth-order valence-corrected chi connectivity index (χ4v) is 2.70. The van der Waals surface area contributed by atoms with Crippen molar-refractivity contribution < 1.29 is 4.79 Å². The largest absolute Gasteiger partial charge is 0.351 e. The number of aromatic amines is 1. The molecule has 112 valence electrons. The third-order valence-corrected chi connectivity index (χ3v) is 3.81. The lowest BCUT2D eigenvalue weighted by atomic mass is 10.1. The summed E-state index contributed by atoms with van der Waals surface area (Å²) >= 11 is 0. The number of nitrogens with one attached hydrogen (secondary N) is 2. The van der Waals surface area contributed by atoms with Gasteiger partial charge in [-0.1, -0.05) is 12.1 Å². The Morgan fingerprint density at radius 2 is 2.05 bits per heavy atom. The Kier molecular flexibility index (Phi) is 3.67. The summed E-state index contributed by atoms with van der Waals surface area (Å²) in [4.78, 5) is 19.9.